The predicted molar refractivity (Wildman–Crippen MR) is 111 cm³/mol. The molecule has 1 saturated heterocycles. The van der Waals surface area contributed by atoms with E-state index in [2.05, 4.69) is 21.3 Å². The molecule has 4 heterocycles. The highest BCUT2D eigenvalue weighted by Gasteiger charge is 2.41. The second-order valence-corrected chi connectivity index (χ2v) is 9.46. The summed E-state index contributed by atoms with van der Waals surface area (Å²) in [6.45, 7) is 4.15. The van der Waals surface area contributed by atoms with Crippen LogP contribution in [0.4, 0.5) is 13.2 Å². The summed E-state index contributed by atoms with van der Waals surface area (Å²) < 4.78 is 39.7. The number of amides is 1. The zero-order valence-corrected chi connectivity index (χ0v) is 17.7. The van der Waals surface area contributed by atoms with E-state index in [-0.39, 0.29) is 24.1 Å². The van der Waals surface area contributed by atoms with Gasteiger partial charge in [-0.1, -0.05) is 6.08 Å². The van der Waals surface area contributed by atoms with Gasteiger partial charge < -0.3 is 15.5 Å². The Kier molecular flexibility index (Phi) is 6.36. The van der Waals surface area contributed by atoms with Gasteiger partial charge in [0.05, 0.1) is 6.17 Å². The molecule has 10 heteroatoms. The first kappa shape index (κ1) is 21.6. The fraction of sp³-hybridized carbons (Fsp3) is 0.650. The number of carbonyl (C=O) groups excluding carboxylic acids is 1. The number of rotatable bonds is 5. The highest BCUT2D eigenvalue weighted by atomic mass is 32.2. The van der Waals surface area contributed by atoms with Crippen LogP contribution >= 0.6 is 11.8 Å². The van der Waals surface area contributed by atoms with Crippen LogP contribution < -0.4 is 21.3 Å². The van der Waals surface area contributed by atoms with Crippen molar-refractivity contribution in [2.75, 3.05) is 31.9 Å². The van der Waals surface area contributed by atoms with Crippen LogP contribution in [0.15, 0.2) is 34.7 Å². The van der Waals surface area contributed by atoms with Crippen molar-refractivity contribution in [3.05, 3.63) is 34.7 Å². The summed E-state index contributed by atoms with van der Waals surface area (Å²) in [4.78, 5) is 12.7. The maximum atomic E-state index is 13.2. The molecular weight excluding hydrogens is 415 g/mol. The number of piperidine rings is 1. The second kappa shape index (κ2) is 8.84. The number of likely N-dealkylation sites (tertiary alicyclic amines) is 1. The summed E-state index contributed by atoms with van der Waals surface area (Å²) in [5.74, 6) is 1.19. The van der Waals surface area contributed by atoms with E-state index < -0.39 is 11.7 Å². The van der Waals surface area contributed by atoms with Gasteiger partial charge in [0.2, 0.25) is 6.41 Å². The molecule has 1 fully saturated rings. The van der Waals surface area contributed by atoms with Crippen molar-refractivity contribution in [1.82, 2.24) is 26.2 Å². The molecule has 0 aromatic heterocycles. The minimum atomic E-state index is -4.31. The van der Waals surface area contributed by atoms with E-state index in [4.69, 9.17) is 0 Å². The molecule has 0 saturated carbocycles. The Balaban J connectivity index is 1.39. The number of hydrogen-bond donors (Lipinski definition) is 4. The van der Waals surface area contributed by atoms with Crippen LogP contribution in [0.3, 0.4) is 0 Å². The Hall–Kier alpha value is -1.65. The fourth-order valence-corrected chi connectivity index (χ4v) is 5.59. The highest BCUT2D eigenvalue weighted by Crippen LogP contribution is 2.37. The van der Waals surface area contributed by atoms with E-state index in [0.29, 0.717) is 12.5 Å². The quantitative estimate of drug-likeness (QED) is 0.384. The summed E-state index contributed by atoms with van der Waals surface area (Å²) in [6.07, 6.45) is 1.62. The Morgan fingerprint density at radius 1 is 1.23 bits per heavy atom. The SMILES string of the molecule is CC1=C(C2=CNC3NCC(C(F)(F)F)=CC23)NC(SCC2CCN(C=O)CC2)NC1. The lowest BCUT2D eigenvalue weighted by atomic mass is 9.89. The zero-order valence-electron chi connectivity index (χ0n) is 16.9. The van der Waals surface area contributed by atoms with Crippen molar-refractivity contribution in [3.63, 3.8) is 0 Å². The lowest BCUT2D eigenvalue weighted by molar-refractivity contribution is -0.119. The van der Waals surface area contributed by atoms with Gasteiger partial charge in [-0.2, -0.15) is 13.2 Å². The first-order valence-electron chi connectivity index (χ1n) is 10.3. The zero-order chi connectivity index (χ0) is 21.3. The van der Waals surface area contributed by atoms with Crippen LogP contribution in [0.1, 0.15) is 19.8 Å². The van der Waals surface area contributed by atoms with Gasteiger partial charge in [0, 0.05) is 55.1 Å². The van der Waals surface area contributed by atoms with Crippen molar-refractivity contribution < 1.29 is 18.0 Å². The van der Waals surface area contributed by atoms with Crippen molar-refractivity contribution >= 4 is 18.2 Å². The molecule has 4 N–H and O–H groups in total. The third-order valence-corrected chi connectivity index (χ3v) is 7.52. The molecule has 0 radical (unpaired) electrons. The number of alkyl halides is 3. The smallest absolute Gasteiger partial charge is 0.375 e. The Morgan fingerprint density at radius 2 is 2.00 bits per heavy atom. The fourth-order valence-electron chi connectivity index (χ4n) is 4.39. The van der Waals surface area contributed by atoms with Crippen LogP contribution in [-0.4, -0.2) is 61.1 Å². The average Bonchev–Trinajstić information content (AvgIpc) is 3.16. The summed E-state index contributed by atoms with van der Waals surface area (Å²) in [6, 6.07) is 0. The number of thioether (sulfide) groups is 1. The molecule has 30 heavy (non-hydrogen) atoms. The number of halogens is 3. The van der Waals surface area contributed by atoms with E-state index in [0.717, 1.165) is 54.9 Å². The van der Waals surface area contributed by atoms with Crippen LogP contribution in [0, 0.1) is 11.8 Å². The molecule has 6 nitrogen and oxygen atoms in total. The van der Waals surface area contributed by atoms with E-state index >= 15 is 0 Å². The Bertz CT molecular complexity index is 758. The number of fused-ring (bicyclic) bond motifs is 1. The van der Waals surface area contributed by atoms with Gasteiger partial charge in [0.25, 0.3) is 0 Å². The number of nitrogens with zero attached hydrogens (tertiary/aromatic N) is 1. The Morgan fingerprint density at radius 3 is 2.70 bits per heavy atom. The molecule has 0 aromatic carbocycles. The van der Waals surface area contributed by atoms with E-state index in [9.17, 15) is 18.0 Å². The minimum absolute atomic E-state index is 0.00960. The lowest BCUT2D eigenvalue weighted by Crippen LogP contribution is -2.49. The lowest BCUT2D eigenvalue weighted by Gasteiger charge is -2.35. The van der Waals surface area contributed by atoms with Gasteiger partial charge in [-0.25, -0.2) is 0 Å². The molecular formula is C20H28F3N5OS. The molecule has 0 aliphatic carbocycles. The van der Waals surface area contributed by atoms with Crippen LogP contribution in [0.2, 0.25) is 0 Å². The van der Waals surface area contributed by atoms with Crippen molar-refractivity contribution in [1.29, 1.82) is 0 Å². The molecule has 1 amide bonds. The standard InChI is InChI=1S/C20H28F3N5OS/c1-12-7-26-19(30-10-13-2-4-28(11-29)5-3-13)27-17(12)16-9-25-18-15(16)6-14(8-24-18)20(21,22)23/h6,9,11,13,15,18-19,24-27H,2-5,7-8,10H2,1H3. The maximum Gasteiger partial charge on any atom is 0.413 e. The summed E-state index contributed by atoms with van der Waals surface area (Å²) in [7, 11) is 0. The molecule has 3 unspecified atom stereocenters. The van der Waals surface area contributed by atoms with Gasteiger partial charge in [0.1, 0.15) is 5.50 Å². The summed E-state index contributed by atoms with van der Waals surface area (Å²) in [5, 5.41) is 13.1. The van der Waals surface area contributed by atoms with Crippen LogP contribution in [0.25, 0.3) is 0 Å². The molecule has 0 spiro atoms. The monoisotopic (exact) mass is 443 g/mol. The van der Waals surface area contributed by atoms with Crippen LogP contribution in [0.5, 0.6) is 0 Å². The third-order valence-electron chi connectivity index (χ3n) is 6.23. The predicted octanol–water partition coefficient (Wildman–Crippen LogP) is 1.86. The maximum absolute atomic E-state index is 13.2. The Labute approximate surface area is 178 Å². The third kappa shape index (κ3) is 4.65. The van der Waals surface area contributed by atoms with Gasteiger partial charge in [-0.05, 0) is 37.0 Å². The van der Waals surface area contributed by atoms with Crippen molar-refractivity contribution in [2.45, 2.75) is 37.6 Å². The molecule has 4 aliphatic heterocycles. The van der Waals surface area contributed by atoms with E-state index in [1.165, 1.54) is 6.08 Å². The topological polar surface area (TPSA) is 68.4 Å². The molecule has 0 bridgehead atoms. The largest absolute Gasteiger partial charge is 0.413 e. The van der Waals surface area contributed by atoms with Crippen LogP contribution in [-0.2, 0) is 4.79 Å². The van der Waals surface area contributed by atoms with Gasteiger partial charge >= 0.3 is 6.18 Å². The van der Waals surface area contributed by atoms with Crippen molar-refractivity contribution in [2.24, 2.45) is 11.8 Å². The number of hydrogen-bond acceptors (Lipinski definition) is 6. The molecule has 166 valence electrons. The molecule has 3 atom stereocenters. The number of carbonyl (C=O) groups is 1. The van der Waals surface area contributed by atoms with E-state index in [1.807, 2.05) is 18.0 Å². The normalized spacial score (nSPS) is 30.3. The molecule has 4 rings (SSSR count). The minimum Gasteiger partial charge on any atom is -0.375 e. The summed E-state index contributed by atoms with van der Waals surface area (Å²) in [5.41, 5.74) is 2.39. The highest BCUT2D eigenvalue weighted by molar-refractivity contribution is 7.99. The number of nitrogens with one attached hydrogen (secondary N) is 4. The second-order valence-electron chi connectivity index (χ2n) is 8.32. The average molecular weight is 444 g/mol. The first-order chi connectivity index (χ1) is 14.3. The van der Waals surface area contributed by atoms with E-state index in [1.54, 1.807) is 11.8 Å². The molecule has 4 aliphatic rings. The van der Waals surface area contributed by atoms with Gasteiger partial charge in [-0.3, -0.25) is 15.4 Å². The first-order valence-corrected chi connectivity index (χ1v) is 11.4. The van der Waals surface area contributed by atoms with Gasteiger partial charge in [-0.15, -0.1) is 11.8 Å². The molecule has 0 aromatic rings. The van der Waals surface area contributed by atoms with Gasteiger partial charge in [0.15, 0.2) is 0 Å². The van der Waals surface area contributed by atoms with Crippen molar-refractivity contribution in [3.8, 4) is 0 Å². The number of allylic oxidation sites excluding steroid dienone is 1. The summed E-state index contributed by atoms with van der Waals surface area (Å²) >= 11 is 1.79.